The lowest BCUT2D eigenvalue weighted by Gasteiger charge is -2.36. The third-order valence-electron chi connectivity index (χ3n) is 22.2. The molecule has 12 rings (SSSR count). The van der Waals surface area contributed by atoms with Gasteiger partial charge in [-0.05, 0) is 194 Å². The first-order valence-electron chi connectivity index (χ1n) is 36.7. The largest absolute Gasteiger partial charge is 0.496 e. The SMILES string of the molecule is COc1cc(C)[nH]c(=O)c1CCC(=O)c1c(C)n(C(C)C2CCNC(C(F)(F)F)C2)c2ccccc12.COc1cc(C)[nH]c(=O)c1CCC(=O)c1c(C)n(C(C)C2CCNC(C(F)(F)F)C2)c2ccccc12.COc1cc(C)[nH]c(=O)c1CCC(=O)c1c(C)n(C(C)C2CCNC(C(F)(F)F)C2)c2ccccc12. The van der Waals surface area contributed by atoms with Gasteiger partial charge in [-0.15, -0.1) is 0 Å². The van der Waals surface area contributed by atoms with Crippen molar-refractivity contribution in [3.63, 3.8) is 0 Å². The number of piperidine rings is 3. The number of carbonyl (C=O) groups excluding carboxylic acids is 3. The molecule has 27 heteroatoms. The van der Waals surface area contributed by atoms with E-state index in [9.17, 15) is 68.3 Å². The highest BCUT2D eigenvalue weighted by Crippen LogP contribution is 2.43. The number of halogens is 9. The number of aromatic nitrogens is 6. The number of methoxy groups -OCH3 is 3. The number of ether oxygens (including phenoxy) is 3. The predicted molar refractivity (Wildman–Crippen MR) is 399 cm³/mol. The highest BCUT2D eigenvalue weighted by Gasteiger charge is 2.47. The van der Waals surface area contributed by atoms with Gasteiger partial charge < -0.3 is 58.8 Å². The second-order valence-electron chi connectivity index (χ2n) is 29.0. The number of hydrogen-bond donors (Lipinski definition) is 6. The molecule has 108 heavy (non-hydrogen) atoms. The second kappa shape index (κ2) is 33.7. The zero-order valence-electron chi connectivity index (χ0n) is 62.9. The minimum absolute atomic E-state index is 0.00408. The van der Waals surface area contributed by atoms with Gasteiger partial charge in [-0.25, -0.2) is 0 Å². The van der Waals surface area contributed by atoms with Crippen LogP contribution in [0.4, 0.5) is 39.5 Å². The Morgan fingerprint density at radius 1 is 0.417 bits per heavy atom. The van der Waals surface area contributed by atoms with E-state index in [0.717, 1.165) is 49.8 Å². The minimum atomic E-state index is -4.29. The fraction of sp³-hybridized carbons (Fsp3) is 0.481. The maximum atomic E-state index is 13.5. The fourth-order valence-corrected chi connectivity index (χ4v) is 16.7. The van der Waals surface area contributed by atoms with E-state index in [1.54, 1.807) is 39.0 Å². The first-order valence-corrected chi connectivity index (χ1v) is 36.7. The number of benzene rings is 3. The van der Waals surface area contributed by atoms with Gasteiger partial charge in [0.25, 0.3) is 16.7 Å². The van der Waals surface area contributed by atoms with Crippen molar-refractivity contribution in [2.24, 2.45) is 17.8 Å². The van der Waals surface area contributed by atoms with E-state index in [1.165, 1.54) is 21.3 Å². The van der Waals surface area contributed by atoms with E-state index in [4.69, 9.17) is 14.2 Å². The molecule has 9 aromatic rings. The summed E-state index contributed by atoms with van der Waals surface area (Å²) in [7, 11) is 4.47. The molecule has 3 fully saturated rings. The van der Waals surface area contributed by atoms with E-state index >= 15 is 0 Å². The van der Waals surface area contributed by atoms with Crippen LogP contribution in [0.3, 0.4) is 0 Å². The summed E-state index contributed by atoms with van der Waals surface area (Å²) in [4.78, 5) is 86.2. The minimum Gasteiger partial charge on any atom is -0.496 e. The number of alkyl halides is 9. The number of fused-ring (bicyclic) bond motifs is 3. The topological polar surface area (TPSA) is 228 Å². The van der Waals surface area contributed by atoms with Gasteiger partial charge in [-0.2, -0.15) is 39.5 Å². The van der Waals surface area contributed by atoms with Crippen molar-refractivity contribution in [2.45, 2.75) is 194 Å². The molecule has 9 unspecified atom stereocenters. The molecule has 6 N–H and O–H groups in total. The smallest absolute Gasteiger partial charge is 0.403 e. The lowest BCUT2D eigenvalue weighted by atomic mass is 9.86. The van der Waals surface area contributed by atoms with E-state index in [2.05, 4.69) is 30.9 Å². The predicted octanol–water partition coefficient (Wildman–Crippen LogP) is 15.8. The van der Waals surface area contributed by atoms with Crippen LogP contribution in [0, 0.1) is 59.3 Å². The van der Waals surface area contributed by atoms with Crippen molar-refractivity contribution in [3.8, 4) is 17.2 Å². The quantitative estimate of drug-likeness (QED) is 0.0292. The van der Waals surface area contributed by atoms with Gasteiger partial charge in [-0.3, -0.25) is 28.8 Å². The van der Waals surface area contributed by atoms with Crippen LogP contribution < -0.4 is 46.8 Å². The summed E-state index contributed by atoms with van der Waals surface area (Å²) in [5.41, 5.74) is 8.80. The van der Waals surface area contributed by atoms with Crippen molar-refractivity contribution in [2.75, 3.05) is 41.0 Å². The number of Topliss-reactive ketones (excluding diaryl/α,β-unsaturated/α-hetero) is 3. The third kappa shape index (κ3) is 17.6. The van der Waals surface area contributed by atoms with Crippen LogP contribution in [-0.4, -0.2) is 124 Å². The lowest BCUT2D eigenvalue weighted by Crippen LogP contribution is -2.48. The summed E-state index contributed by atoms with van der Waals surface area (Å²) in [5, 5.41) is 10.1. The number of carbonyl (C=O) groups is 3. The van der Waals surface area contributed by atoms with Crippen LogP contribution in [0.2, 0.25) is 0 Å². The van der Waals surface area contributed by atoms with Crippen LogP contribution in [-0.2, 0) is 19.3 Å². The van der Waals surface area contributed by atoms with Gasteiger partial charge >= 0.3 is 18.5 Å². The monoisotopic (exact) mass is 1510 g/mol. The molecule has 582 valence electrons. The molecule has 3 saturated heterocycles. The van der Waals surface area contributed by atoms with Gasteiger partial charge in [0, 0.05) is 121 Å². The molecule has 0 amide bonds. The van der Waals surface area contributed by atoms with E-state index < -0.39 is 36.7 Å². The summed E-state index contributed by atoms with van der Waals surface area (Å²) in [5.74, 6) is 0.424. The van der Waals surface area contributed by atoms with Crippen LogP contribution in [0.5, 0.6) is 17.2 Å². The Kier molecular flexibility index (Phi) is 25.4. The van der Waals surface area contributed by atoms with Crippen molar-refractivity contribution in [3.05, 3.63) is 190 Å². The fourth-order valence-electron chi connectivity index (χ4n) is 16.7. The molecule has 3 aliphatic heterocycles. The Balaban J connectivity index is 0.000000173. The van der Waals surface area contributed by atoms with Gasteiger partial charge in [-0.1, -0.05) is 54.6 Å². The van der Waals surface area contributed by atoms with Gasteiger partial charge in [0.2, 0.25) is 0 Å². The van der Waals surface area contributed by atoms with Crippen molar-refractivity contribution < 1.29 is 68.1 Å². The Bertz CT molecular complexity index is 4460. The van der Waals surface area contributed by atoms with Crippen molar-refractivity contribution in [1.82, 2.24) is 44.6 Å². The molecule has 0 saturated carbocycles. The maximum absolute atomic E-state index is 13.5. The molecule has 3 aromatic carbocycles. The summed E-state index contributed by atoms with van der Waals surface area (Å²) in [6.07, 6.45) is -10.0. The van der Waals surface area contributed by atoms with Gasteiger partial charge in [0.15, 0.2) is 17.3 Å². The summed E-state index contributed by atoms with van der Waals surface area (Å²) in [6.45, 7) is 17.6. The molecule has 9 heterocycles. The maximum Gasteiger partial charge on any atom is 0.403 e. The average Bonchev–Trinajstić information content (AvgIpc) is 1.61. The Morgan fingerprint density at radius 2 is 0.657 bits per heavy atom. The van der Waals surface area contributed by atoms with Gasteiger partial charge in [0.1, 0.15) is 35.4 Å². The number of aryl methyl sites for hydroxylation is 3. The first kappa shape index (κ1) is 81.3. The van der Waals surface area contributed by atoms with Crippen molar-refractivity contribution in [1.29, 1.82) is 0 Å². The molecule has 0 bridgehead atoms. The van der Waals surface area contributed by atoms with Crippen LogP contribution in [0.1, 0.15) is 179 Å². The molecular formula is C81H96F9N9O9. The van der Waals surface area contributed by atoms with Crippen LogP contribution >= 0.6 is 0 Å². The zero-order chi connectivity index (χ0) is 78.6. The summed E-state index contributed by atoms with van der Waals surface area (Å²) in [6, 6.07) is 22.5. The van der Waals surface area contributed by atoms with Crippen LogP contribution in [0.15, 0.2) is 105 Å². The Hall–Kier alpha value is -9.21. The lowest BCUT2D eigenvalue weighted by molar-refractivity contribution is -0.165. The molecule has 0 radical (unpaired) electrons. The standard InChI is InChI=1S/3C27H32F3N3O3/c3*1-15-13-23(36-4)20(26(35)32-15)9-10-22(34)25-17(3)33(21-8-6-5-7-19(21)25)16(2)18-11-12-31-24(14-18)27(28,29)30/h3*5-8,13,16,18,24,31H,9-12,14H2,1-4H3,(H,32,35). The highest BCUT2D eigenvalue weighted by molar-refractivity contribution is 6.11. The zero-order valence-corrected chi connectivity index (χ0v) is 62.9. The number of rotatable bonds is 21. The molecule has 6 aromatic heterocycles. The van der Waals surface area contributed by atoms with Crippen molar-refractivity contribution >= 4 is 50.1 Å². The van der Waals surface area contributed by atoms with Crippen LogP contribution in [0.25, 0.3) is 32.7 Å². The molecule has 3 aliphatic rings. The van der Waals surface area contributed by atoms with E-state index in [1.807, 2.05) is 128 Å². The highest BCUT2D eigenvalue weighted by atomic mass is 19.4. The molecule has 0 spiro atoms. The molecular weight excluding hydrogens is 1410 g/mol. The second-order valence-corrected chi connectivity index (χ2v) is 29.0. The number of pyridine rings is 3. The van der Waals surface area contributed by atoms with Gasteiger partial charge in [0.05, 0.1) is 38.0 Å². The number of aromatic amines is 3. The van der Waals surface area contributed by atoms with E-state index in [0.29, 0.717) is 107 Å². The first-order chi connectivity index (χ1) is 51.1. The van der Waals surface area contributed by atoms with E-state index in [-0.39, 0.29) is 128 Å². The normalized spacial score (nSPS) is 19.4. The number of para-hydroxylation sites is 3. The molecule has 9 atom stereocenters. The summed E-state index contributed by atoms with van der Waals surface area (Å²) >= 11 is 0. The Morgan fingerprint density at radius 3 is 0.889 bits per heavy atom. The number of ketones is 3. The third-order valence-corrected chi connectivity index (χ3v) is 22.2. The number of hydrogen-bond acceptors (Lipinski definition) is 12. The average molecular weight is 1510 g/mol. The Labute approximate surface area is 619 Å². The number of nitrogens with one attached hydrogen (secondary N) is 6. The summed E-state index contributed by atoms with van der Waals surface area (Å²) < 4.78 is 143. The number of H-pyrrole nitrogens is 3. The number of nitrogens with zero attached hydrogens (tertiary/aromatic N) is 3. The molecule has 18 nitrogen and oxygen atoms in total. The molecule has 0 aliphatic carbocycles.